The van der Waals surface area contributed by atoms with Gasteiger partial charge < -0.3 is 15.5 Å². The molecule has 2 N–H and O–H groups in total. The number of nitrogens with zero attached hydrogens (tertiary/aromatic N) is 2. The highest BCUT2D eigenvalue weighted by Gasteiger charge is 2.31. The normalized spacial score (nSPS) is 16.6. The molecule has 2 aromatic rings. The Hall–Kier alpha value is -3.26. The molecule has 1 aliphatic heterocycles. The van der Waals surface area contributed by atoms with Gasteiger partial charge in [-0.05, 0) is 36.8 Å². The van der Waals surface area contributed by atoms with Gasteiger partial charge in [0.15, 0.2) is 0 Å². The quantitative estimate of drug-likeness (QED) is 0.769. The smallest absolute Gasteiger partial charge is 0.251 e. The van der Waals surface area contributed by atoms with Crippen LogP contribution in [0.2, 0.25) is 0 Å². The third kappa shape index (κ3) is 5.27. The molecule has 3 amide bonds. The van der Waals surface area contributed by atoms with Crippen molar-refractivity contribution in [1.29, 1.82) is 0 Å². The highest BCUT2D eigenvalue weighted by atomic mass is 19.1. The lowest BCUT2D eigenvalue weighted by Gasteiger charge is -2.41. The molecule has 0 bridgehead atoms. The Labute approximate surface area is 181 Å². The maximum Gasteiger partial charge on any atom is 0.251 e. The van der Waals surface area contributed by atoms with Crippen molar-refractivity contribution in [2.45, 2.75) is 19.9 Å². The van der Waals surface area contributed by atoms with Crippen molar-refractivity contribution in [3.05, 3.63) is 65.0 Å². The van der Waals surface area contributed by atoms with Crippen LogP contribution in [0, 0.1) is 12.7 Å². The van der Waals surface area contributed by atoms with Crippen LogP contribution >= 0.6 is 0 Å². The van der Waals surface area contributed by atoms with Gasteiger partial charge in [0.25, 0.3) is 5.91 Å². The van der Waals surface area contributed by atoms with Crippen molar-refractivity contribution in [2.75, 3.05) is 38.5 Å². The van der Waals surface area contributed by atoms with Crippen LogP contribution in [0.15, 0.2) is 42.5 Å². The largest absolute Gasteiger partial charge is 0.355 e. The fraction of sp³-hybridized carbons (Fsp3) is 0.348. The van der Waals surface area contributed by atoms with E-state index >= 15 is 0 Å². The van der Waals surface area contributed by atoms with E-state index in [2.05, 4.69) is 10.6 Å². The SMILES string of the molecule is CNC(=O)c1cccc([C@H]2CN(CC(=O)Nc3cccc(F)c3C)CCN2C(C)=O)c1. The topological polar surface area (TPSA) is 81.8 Å². The molecule has 1 heterocycles. The number of carbonyl (C=O) groups is 3. The molecule has 1 saturated heterocycles. The number of anilines is 1. The van der Waals surface area contributed by atoms with Gasteiger partial charge in [-0.3, -0.25) is 19.3 Å². The number of nitrogens with one attached hydrogen (secondary N) is 2. The van der Waals surface area contributed by atoms with Gasteiger partial charge in [-0.25, -0.2) is 4.39 Å². The number of carbonyl (C=O) groups excluding carboxylic acids is 3. The van der Waals surface area contributed by atoms with Gasteiger partial charge in [0.05, 0.1) is 12.6 Å². The molecular formula is C23H27FN4O3. The number of halogens is 1. The molecule has 164 valence electrons. The van der Waals surface area contributed by atoms with Crippen LogP contribution in [-0.4, -0.2) is 60.7 Å². The first kappa shape index (κ1) is 22.4. The van der Waals surface area contributed by atoms with Crippen molar-refractivity contribution in [3.8, 4) is 0 Å². The number of piperazine rings is 1. The van der Waals surface area contributed by atoms with E-state index in [0.717, 1.165) is 5.56 Å². The minimum Gasteiger partial charge on any atom is -0.355 e. The lowest BCUT2D eigenvalue weighted by atomic mass is 9.99. The van der Waals surface area contributed by atoms with Crippen LogP contribution in [0.1, 0.15) is 34.5 Å². The molecule has 0 aromatic heterocycles. The van der Waals surface area contributed by atoms with E-state index < -0.39 is 0 Å². The van der Waals surface area contributed by atoms with Crippen molar-refractivity contribution in [2.24, 2.45) is 0 Å². The van der Waals surface area contributed by atoms with E-state index in [1.165, 1.54) is 13.0 Å². The minimum atomic E-state index is -0.371. The summed E-state index contributed by atoms with van der Waals surface area (Å²) >= 11 is 0. The van der Waals surface area contributed by atoms with Gasteiger partial charge in [0.2, 0.25) is 11.8 Å². The molecule has 1 aliphatic rings. The zero-order chi connectivity index (χ0) is 22.5. The molecule has 0 radical (unpaired) electrons. The van der Waals surface area contributed by atoms with Crippen molar-refractivity contribution >= 4 is 23.4 Å². The molecule has 0 unspecified atom stereocenters. The molecule has 31 heavy (non-hydrogen) atoms. The monoisotopic (exact) mass is 426 g/mol. The molecule has 0 spiro atoms. The van der Waals surface area contributed by atoms with E-state index in [0.29, 0.717) is 36.4 Å². The van der Waals surface area contributed by atoms with Gasteiger partial charge in [-0.15, -0.1) is 0 Å². The molecule has 0 saturated carbocycles. The standard InChI is InChI=1S/C23H27FN4O3/c1-15-19(24)8-5-9-20(15)26-22(30)14-27-10-11-28(16(2)29)21(13-27)17-6-4-7-18(12-17)23(31)25-3/h4-9,12,21H,10-11,13-14H2,1-3H3,(H,25,31)(H,26,30)/t21-/m1/s1. The molecular weight excluding hydrogens is 399 g/mol. The highest BCUT2D eigenvalue weighted by molar-refractivity contribution is 5.94. The van der Waals surface area contributed by atoms with Gasteiger partial charge in [-0.2, -0.15) is 0 Å². The summed E-state index contributed by atoms with van der Waals surface area (Å²) in [6.45, 7) is 4.72. The summed E-state index contributed by atoms with van der Waals surface area (Å²) in [5.41, 5.74) is 2.19. The summed E-state index contributed by atoms with van der Waals surface area (Å²) in [6.07, 6.45) is 0. The zero-order valence-corrected chi connectivity index (χ0v) is 17.9. The highest BCUT2D eigenvalue weighted by Crippen LogP contribution is 2.26. The number of rotatable bonds is 5. The molecule has 1 atom stereocenters. The van der Waals surface area contributed by atoms with Crippen LogP contribution in [0.5, 0.6) is 0 Å². The number of benzene rings is 2. The predicted octanol–water partition coefficient (Wildman–Crippen LogP) is 2.34. The fourth-order valence-electron chi connectivity index (χ4n) is 3.81. The fourth-order valence-corrected chi connectivity index (χ4v) is 3.81. The number of hydrogen-bond donors (Lipinski definition) is 2. The summed E-state index contributed by atoms with van der Waals surface area (Å²) in [5.74, 6) is -0.879. The van der Waals surface area contributed by atoms with Crippen molar-refractivity contribution in [3.63, 3.8) is 0 Å². The average Bonchev–Trinajstić information content (AvgIpc) is 2.76. The van der Waals surface area contributed by atoms with E-state index in [1.807, 2.05) is 11.0 Å². The molecule has 2 aromatic carbocycles. The van der Waals surface area contributed by atoms with Crippen LogP contribution in [-0.2, 0) is 9.59 Å². The van der Waals surface area contributed by atoms with E-state index in [9.17, 15) is 18.8 Å². The third-order valence-electron chi connectivity index (χ3n) is 5.54. The van der Waals surface area contributed by atoms with Crippen LogP contribution in [0.4, 0.5) is 10.1 Å². The molecule has 0 aliphatic carbocycles. The first-order valence-electron chi connectivity index (χ1n) is 10.2. The average molecular weight is 426 g/mol. The number of amides is 3. The Morgan fingerprint density at radius 1 is 1.13 bits per heavy atom. The summed E-state index contributed by atoms with van der Waals surface area (Å²) < 4.78 is 13.7. The van der Waals surface area contributed by atoms with E-state index in [-0.39, 0.29) is 36.1 Å². The second kappa shape index (κ2) is 9.70. The van der Waals surface area contributed by atoms with Crippen molar-refractivity contribution < 1.29 is 18.8 Å². The Morgan fingerprint density at radius 2 is 1.87 bits per heavy atom. The molecule has 7 nitrogen and oxygen atoms in total. The molecule has 3 rings (SSSR count). The Kier molecular flexibility index (Phi) is 7.02. The first-order chi connectivity index (χ1) is 14.8. The summed E-state index contributed by atoms with van der Waals surface area (Å²) in [7, 11) is 1.57. The second-order valence-corrected chi connectivity index (χ2v) is 7.63. The van der Waals surface area contributed by atoms with Gasteiger partial charge in [-0.1, -0.05) is 18.2 Å². The second-order valence-electron chi connectivity index (χ2n) is 7.63. The van der Waals surface area contributed by atoms with E-state index in [4.69, 9.17) is 0 Å². The van der Waals surface area contributed by atoms with Gasteiger partial charge in [0.1, 0.15) is 5.82 Å². The first-order valence-corrected chi connectivity index (χ1v) is 10.2. The zero-order valence-electron chi connectivity index (χ0n) is 17.9. The predicted molar refractivity (Wildman–Crippen MR) is 116 cm³/mol. The van der Waals surface area contributed by atoms with Gasteiger partial charge in [0, 0.05) is 50.4 Å². The van der Waals surface area contributed by atoms with Crippen LogP contribution in [0.3, 0.4) is 0 Å². The van der Waals surface area contributed by atoms with Crippen LogP contribution < -0.4 is 10.6 Å². The molecule has 1 fully saturated rings. The lowest BCUT2D eigenvalue weighted by molar-refractivity contribution is -0.134. The Balaban J connectivity index is 1.74. The van der Waals surface area contributed by atoms with Gasteiger partial charge >= 0.3 is 0 Å². The number of hydrogen-bond acceptors (Lipinski definition) is 4. The third-order valence-corrected chi connectivity index (χ3v) is 5.54. The maximum absolute atomic E-state index is 13.7. The lowest BCUT2D eigenvalue weighted by Crippen LogP contribution is -2.51. The van der Waals surface area contributed by atoms with Crippen molar-refractivity contribution in [1.82, 2.24) is 15.1 Å². The van der Waals surface area contributed by atoms with Crippen LogP contribution in [0.25, 0.3) is 0 Å². The summed E-state index contributed by atoms with van der Waals surface area (Å²) in [4.78, 5) is 40.5. The Bertz CT molecular complexity index is 995. The van der Waals surface area contributed by atoms with E-state index in [1.54, 1.807) is 49.2 Å². The maximum atomic E-state index is 13.7. The Morgan fingerprint density at radius 3 is 2.58 bits per heavy atom. The minimum absolute atomic E-state index is 0.0603. The summed E-state index contributed by atoms with van der Waals surface area (Å²) in [6, 6.07) is 11.5. The summed E-state index contributed by atoms with van der Waals surface area (Å²) in [5, 5.41) is 5.37. The molecule has 8 heteroatoms.